The van der Waals surface area contributed by atoms with Gasteiger partial charge >= 0.3 is 0 Å². The maximum atomic E-state index is 10.8. The first-order valence-corrected chi connectivity index (χ1v) is 3.12. The van der Waals surface area contributed by atoms with Crippen LogP contribution in [0.5, 0.6) is 0 Å². The van der Waals surface area contributed by atoms with E-state index in [4.69, 9.17) is 0 Å². The van der Waals surface area contributed by atoms with Crippen LogP contribution in [0.25, 0.3) is 0 Å². The molecule has 2 fully saturated rings. The van der Waals surface area contributed by atoms with Crippen molar-refractivity contribution < 1.29 is 4.79 Å². The molecular weight excluding hydrogens is 138 g/mol. The molecule has 9 heavy (non-hydrogen) atoms. The number of fused-ring (bicyclic) bond motifs is 2. The van der Waals surface area contributed by atoms with Gasteiger partial charge in [-0.15, -0.1) is 12.4 Å². The maximum absolute atomic E-state index is 10.8. The van der Waals surface area contributed by atoms with Crippen LogP contribution in [0.15, 0.2) is 0 Å². The summed E-state index contributed by atoms with van der Waals surface area (Å²) < 4.78 is 0. The fourth-order valence-electron chi connectivity index (χ4n) is 1.64. The van der Waals surface area contributed by atoms with E-state index in [1.54, 1.807) is 0 Å². The van der Waals surface area contributed by atoms with Crippen molar-refractivity contribution in [3.05, 3.63) is 0 Å². The van der Waals surface area contributed by atoms with Crippen molar-refractivity contribution in [2.24, 2.45) is 5.92 Å². The Bertz CT molecular complexity index is 137. The highest BCUT2D eigenvalue weighted by Crippen LogP contribution is 2.27. The van der Waals surface area contributed by atoms with Crippen molar-refractivity contribution in [2.75, 3.05) is 6.54 Å². The Labute approximate surface area is 60.4 Å². The third-order valence-electron chi connectivity index (χ3n) is 2.10. The van der Waals surface area contributed by atoms with Crippen molar-refractivity contribution in [3.63, 3.8) is 0 Å². The number of carbonyl (C=O) groups excluding carboxylic acids is 1. The lowest BCUT2D eigenvalue weighted by atomic mass is 10.1. The normalized spacial score (nSPS) is 38.9. The lowest BCUT2D eigenvalue weighted by Gasteiger charge is -2.07. The number of rotatable bonds is 0. The second-order valence-corrected chi connectivity index (χ2v) is 2.73. The smallest absolute Gasteiger partial charge is 0.150 e. The molecule has 2 bridgehead atoms. The van der Waals surface area contributed by atoms with Gasteiger partial charge in [0.2, 0.25) is 0 Å². The first-order valence-electron chi connectivity index (χ1n) is 3.12. The molecular formula is C6H10ClNO. The number of piperidine rings is 1. The number of hydrogen-bond acceptors (Lipinski definition) is 2. The van der Waals surface area contributed by atoms with Gasteiger partial charge in [0.05, 0.1) is 6.04 Å². The summed E-state index contributed by atoms with van der Waals surface area (Å²) in [6, 6.07) is 0.250. The molecule has 0 radical (unpaired) electrons. The molecule has 0 spiro atoms. The Morgan fingerprint density at radius 2 is 2.33 bits per heavy atom. The average Bonchev–Trinajstić information content (AvgIpc) is 2.23. The van der Waals surface area contributed by atoms with Crippen LogP contribution in [0, 0.1) is 5.92 Å². The summed E-state index contributed by atoms with van der Waals surface area (Å²) in [5.41, 5.74) is 0. The van der Waals surface area contributed by atoms with Gasteiger partial charge in [-0.05, 0) is 18.9 Å². The molecule has 1 N–H and O–H groups in total. The standard InChI is InChI=1S/C6H9NO.ClH/c8-6-2-4-1-5(6)7-3-4;/h4-5,7H,1-3H2;1H. The molecule has 2 nitrogen and oxygen atoms in total. The van der Waals surface area contributed by atoms with Crippen molar-refractivity contribution in [3.8, 4) is 0 Å². The first kappa shape index (κ1) is 7.03. The van der Waals surface area contributed by atoms with E-state index in [1.165, 1.54) is 0 Å². The SMILES string of the molecule is Cl.O=C1CC2CNC1C2. The van der Waals surface area contributed by atoms with E-state index in [9.17, 15) is 4.79 Å². The van der Waals surface area contributed by atoms with Crippen LogP contribution in [0.2, 0.25) is 0 Å². The summed E-state index contributed by atoms with van der Waals surface area (Å²) in [4.78, 5) is 10.8. The minimum Gasteiger partial charge on any atom is -0.307 e. The first-order chi connectivity index (χ1) is 3.86. The van der Waals surface area contributed by atoms with E-state index < -0.39 is 0 Å². The van der Waals surface area contributed by atoms with Crippen molar-refractivity contribution >= 4 is 18.2 Å². The molecule has 1 heterocycles. The monoisotopic (exact) mass is 147 g/mol. The predicted molar refractivity (Wildman–Crippen MR) is 36.8 cm³/mol. The second kappa shape index (κ2) is 2.27. The van der Waals surface area contributed by atoms with Crippen LogP contribution in [0.3, 0.4) is 0 Å². The van der Waals surface area contributed by atoms with Gasteiger partial charge in [-0.2, -0.15) is 0 Å². The predicted octanol–water partition coefficient (Wildman–Crippen LogP) is 0.359. The van der Waals surface area contributed by atoms with Gasteiger partial charge in [-0.25, -0.2) is 0 Å². The molecule has 2 unspecified atom stereocenters. The van der Waals surface area contributed by atoms with Gasteiger partial charge in [-0.1, -0.05) is 0 Å². The summed E-state index contributed by atoms with van der Waals surface area (Å²) in [5.74, 6) is 1.12. The summed E-state index contributed by atoms with van der Waals surface area (Å²) in [5, 5.41) is 3.16. The van der Waals surface area contributed by atoms with Crippen LogP contribution in [-0.2, 0) is 4.79 Å². The number of ketones is 1. The third-order valence-corrected chi connectivity index (χ3v) is 2.10. The molecule has 3 heteroatoms. The minimum atomic E-state index is 0. The van der Waals surface area contributed by atoms with E-state index in [0.717, 1.165) is 19.4 Å². The second-order valence-electron chi connectivity index (χ2n) is 2.73. The topological polar surface area (TPSA) is 29.1 Å². The van der Waals surface area contributed by atoms with Crippen molar-refractivity contribution in [1.82, 2.24) is 5.32 Å². The van der Waals surface area contributed by atoms with Gasteiger partial charge < -0.3 is 5.32 Å². The van der Waals surface area contributed by atoms with Crippen LogP contribution >= 0.6 is 12.4 Å². The van der Waals surface area contributed by atoms with Crippen LogP contribution < -0.4 is 5.32 Å². The zero-order chi connectivity index (χ0) is 5.56. The fourth-order valence-corrected chi connectivity index (χ4v) is 1.64. The minimum absolute atomic E-state index is 0. The van der Waals surface area contributed by atoms with Gasteiger partial charge in [0.1, 0.15) is 5.78 Å². The highest BCUT2D eigenvalue weighted by molar-refractivity contribution is 5.87. The molecule has 2 rings (SSSR count). The van der Waals surface area contributed by atoms with Gasteiger partial charge in [-0.3, -0.25) is 4.79 Å². The van der Waals surface area contributed by atoms with E-state index in [2.05, 4.69) is 5.32 Å². The number of halogens is 1. The van der Waals surface area contributed by atoms with E-state index in [0.29, 0.717) is 11.7 Å². The molecule has 0 amide bonds. The fraction of sp³-hybridized carbons (Fsp3) is 0.833. The quantitative estimate of drug-likeness (QED) is 0.536. The lowest BCUT2D eigenvalue weighted by Crippen LogP contribution is -2.32. The maximum Gasteiger partial charge on any atom is 0.150 e. The highest BCUT2D eigenvalue weighted by atomic mass is 35.5. The average molecular weight is 148 g/mol. The summed E-state index contributed by atoms with van der Waals surface area (Å²) in [6.45, 7) is 1.08. The van der Waals surface area contributed by atoms with Crippen LogP contribution in [-0.4, -0.2) is 18.4 Å². The molecule has 52 valence electrons. The summed E-state index contributed by atoms with van der Waals surface area (Å²) in [7, 11) is 0. The van der Waals surface area contributed by atoms with Crippen LogP contribution in [0.1, 0.15) is 12.8 Å². The zero-order valence-corrected chi connectivity index (χ0v) is 5.91. The summed E-state index contributed by atoms with van der Waals surface area (Å²) in [6.07, 6.45) is 1.95. The Kier molecular flexibility index (Phi) is 1.78. The number of hydrogen-bond donors (Lipinski definition) is 1. The van der Waals surface area contributed by atoms with Crippen molar-refractivity contribution in [2.45, 2.75) is 18.9 Å². The molecule has 0 aromatic rings. The molecule has 1 aliphatic carbocycles. The molecule has 1 saturated carbocycles. The van der Waals surface area contributed by atoms with E-state index >= 15 is 0 Å². The molecule has 0 aromatic carbocycles. The zero-order valence-electron chi connectivity index (χ0n) is 5.09. The number of carbonyl (C=O) groups is 1. The summed E-state index contributed by atoms with van der Waals surface area (Å²) >= 11 is 0. The van der Waals surface area contributed by atoms with E-state index in [-0.39, 0.29) is 18.4 Å². The van der Waals surface area contributed by atoms with E-state index in [1.807, 2.05) is 0 Å². The Balaban J connectivity index is 0.000000405. The molecule has 2 atom stereocenters. The van der Waals surface area contributed by atoms with Crippen LogP contribution in [0.4, 0.5) is 0 Å². The Morgan fingerprint density at radius 1 is 1.56 bits per heavy atom. The lowest BCUT2D eigenvalue weighted by molar-refractivity contribution is -0.119. The number of nitrogens with one attached hydrogen (secondary N) is 1. The largest absolute Gasteiger partial charge is 0.307 e. The molecule has 0 aromatic heterocycles. The Morgan fingerprint density at radius 3 is 2.56 bits per heavy atom. The number of Topliss-reactive ketones (excluding diaryl/α,β-unsaturated/α-hetero) is 1. The molecule has 1 aliphatic heterocycles. The van der Waals surface area contributed by atoms with Gasteiger partial charge in [0.15, 0.2) is 0 Å². The van der Waals surface area contributed by atoms with Gasteiger partial charge in [0, 0.05) is 6.42 Å². The highest BCUT2D eigenvalue weighted by Gasteiger charge is 2.37. The molecule has 1 saturated heterocycles. The Hall–Kier alpha value is -0.0800. The molecule has 2 aliphatic rings. The van der Waals surface area contributed by atoms with Gasteiger partial charge in [0.25, 0.3) is 0 Å². The third kappa shape index (κ3) is 0.970. The van der Waals surface area contributed by atoms with Crippen molar-refractivity contribution in [1.29, 1.82) is 0 Å².